The number of halogens is 3. The van der Waals surface area contributed by atoms with Gasteiger partial charge in [-0.2, -0.15) is 13.2 Å². The summed E-state index contributed by atoms with van der Waals surface area (Å²) < 4.78 is 75.4. The number of carboxylic acid groups (broad SMARTS) is 1. The van der Waals surface area contributed by atoms with Crippen molar-refractivity contribution in [3.8, 4) is 5.88 Å². The van der Waals surface area contributed by atoms with Crippen LogP contribution in [0.2, 0.25) is 0 Å². The number of amides is 4. The Kier molecular flexibility index (Phi) is 9.19. The maximum atomic E-state index is 14.1. The maximum Gasteiger partial charge on any atom is 0.438 e. The third-order valence-electron chi connectivity index (χ3n) is 9.23. The minimum absolute atomic E-state index is 0.0290. The van der Waals surface area contributed by atoms with Crippen LogP contribution < -0.4 is 20.1 Å². The normalized spacial score (nSPS) is 28.0. The maximum absolute atomic E-state index is 14.1. The number of para-hydroxylation sites is 2. The Hall–Kier alpha value is -4.48. The first-order valence-electron chi connectivity index (χ1n) is 16.0. The summed E-state index contributed by atoms with van der Waals surface area (Å²) in [6.07, 6.45) is -1.15. The highest BCUT2D eigenvalue weighted by atomic mass is 32.2. The van der Waals surface area contributed by atoms with Crippen LogP contribution in [0.5, 0.6) is 5.88 Å². The predicted octanol–water partition coefficient (Wildman–Crippen LogP) is 2.64. The molecule has 0 spiro atoms. The number of allylic oxidation sites excluding steroid dienone is 1. The molecule has 1 saturated heterocycles. The summed E-state index contributed by atoms with van der Waals surface area (Å²) in [4.78, 5) is 61.8. The number of sulfonamides is 1. The summed E-state index contributed by atoms with van der Waals surface area (Å²) in [5.74, 6) is -4.02. The number of rotatable bonds is 6. The first-order chi connectivity index (χ1) is 23.2. The van der Waals surface area contributed by atoms with Gasteiger partial charge < -0.3 is 25.4 Å². The molecule has 2 aromatic rings. The molecule has 3 fully saturated rings. The Morgan fingerprint density at radius 3 is 2.45 bits per heavy atom. The second kappa shape index (κ2) is 13.1. The first kappa shape index (κ1) is 34.4. The number of nitrogens with one attached hydrogen (secondary N) is 3. The van der Waals surface area contributed by atoms with E-state index in [9.17, 15) is 45.9 Å². The van der Waals surface area contributed by atoms with Crippen LogP contribution >= 0.6 is 0 Å². The average molecular weight is 709 g/mol. The average Bonchev–Trinajstić information content (AvgIpc) is 3.95. The van der Waals surface area contributed by atoms with Crippen molar-refractivity contribution >= 4 is 44.9 Å². The zero-order chi connectivity index (χ0) is 35.1. The lowest BCUT2D eigenvalue weighted by molar-refractivity contribution is -0.143. The van der Waals surface area contributed by atoms with E-state index in [0.29, 0.717) is 38.5 Å². The molecule has 4 N–H and O–H groups in total. The molecule has 0 bridgehead atoms. The Morgan fingerprint density at radius 1 is 1.06 bits per heavy atom. The number of nitrogens with zero attached hydrogens (tertiary/aromatic N) is 3. The molecule has 4 amide bonds. The molecule has 1 aromatic carbocycles. The highest BCUT2D eigenvalue weighted by Gasteiger charge is 2.62. The summed E-state index contributed by atoms with van der Waals surface area (Å²) in [7, 11) is -3.98. The number of benzene rings is 1. The molecule has 4 aliphatic rings. The van der Waals surface area contributed by atoms with Crippen molar-refractivity contribution in [3.63, 3.8) is 0 Å². The Morgan fingerprint density at radius 2 is 1.78 bits per heavy atom. The molecule has 2 aliphatic heterocycles. The topological polar surface area (TPSA) is 197 Å². The van der Waals surface area contributed by atoms with Gasteiger partial charge in [-0.15, -0.1) is 0 Å². The van der Waals surface area contributed by atoms with Gasteiger partial charge in [-0.3, -0.25) is 19.1 Å². The molecule has 2 saturated carbocycles. The molecule has 2 aliphatic carbocycles. The van der Waals surface area contributed by atoms with E-state index >= 15 is 0 Å². The largest absolute Gasteiger partial charge is 0.471 e. The summed E-state index contributed by atoms with van der Waals surface area (Å²) in [6, 6.07) is 3.16. The number of fused-ring (bicyclic) bond motifs is 3. The van der Waals surface area contributed by atoms with Gasteiger partial charge in [0.2, 0.25) is 33.4 Å². The molecule has 0 unspecified atom stereocenters. The number of carbonyl (C=O) groups is 4. The van der Waals surface area contributed by atoms with Crippen LogP contribution in [0.15, 0.2) is 36.4 Å². The van der Waals surface area contributed by atoms with Crippen LogP contribution in [0.1, 0.15) is 63.5 Å². The summed E-state index contributed by atoms with van der Waals surface area (Å²) in [6.45, 7) is -0.418. The van der Waals surface area contributed by atoms with Gasteiger partial charge in [0.25, 0.3) is 5.91 Å². The highest BCUT2D eigenvalue weighted by molar-refractivity contribution is 7.91. The summed E-state index contributed by atoms with van der Waals surface area (Å²) in [5.41, 5.74) is -2.98. The van der Waals surface area contributed by atoms with E-state index < -0.39 is 93.0 Å². The van der Waals surface area contributed by atoms with E-state index in [0.717, 1.165) is 4.90 Å². The van der Waals surface area contributed by atoms with Crippen LogP contribution in [-0.2, 0) is 30.6 Å². The molecule has 5 atom stereocenters. The van der Waals surface area contributed by atoms with Crippen molar-refractivity contribution in [2.24, 2.45) is 5.92 Å². The first-order valence-corrected chi connectivity index (χ1v) is 17.6. The predicted molar refractivity (Wildman–Crippen MR) is 165 cm³/mol. The molecule has 49 heavy (non-hydrogen) atoms. The van der Waals surface area contributed by atoms with Gasteiger partial charge in [0.15, 0.2) is 0 Å². The van der Waals surface area contributed by atoms with Crippen molar-refractivity contribution in [1.29, 1.82) is 0 Å². The summed E-state index contributed by atoms with van der Waals surface area (Å²) >= 11 is 0. The third kappa shape index (κ3) is 7.43. The number of hydrogen-bond donors (Lipinski definition) is 4. The Labute approximate surface area is 278 Å². The van der Waals surface area contributed by atoms with Crippen LogP contribution in [0.3, 0.4) is 0 Å². The lowest BCUT2D eigenvalue weighted by atomic mass is 10.1. The van der Waals surface area contributed by atoms with E-state index in [2.05, 4.69) is 25.3 Å². The number of ether oxygens (including phenoxy) is 1. The standard InChI is InChI=1S/C31H35F3N6O8S/c32-31(33,34)24-26(36-21-10-7-6-9-20(21)35-24)48-18-14-23-25(41)38-30(28(43)39-49(46,47)19-12-13-19)15-17(30)8-4-2-1-3-5-11-22(37-29(44)45)27(42)40(23)16-18/h4,6-10,17-19,22-23,37H,1-3,5,11-16H2,(H,38,41)(H,39,43)(H,44,45)/t17-,18-,22+,23+,30-/m1/s1. The SMILES string of the molecule is O=C(O)N[C@H]1CCCCCC=C[C@@H]2C[C@@]2(C(=O)NS(=O)(=O)C2CC2)NC(=O)[C@@H]2C[C@@H](Oc3nc4ccccc4nc3C(F)(F)F)CN2C1=O. The summed E-state index contributed by atoms with van der Waals surface area (Å²) in [5, 5.41) is 13.6. The highest BCUT2D eigenvalue weighted by Crippen LogP contribution is 2.46. The van der Waals surface area contributed by atoms with E-state index in [1.54, 1.807) is 12.1 Å². The minimum atomic E-state index is -4.96. The van der Waals surface area contributed by atoms with Gasteiger partial charge in [0.1, 0.15) is 23.7 Å². The smallest absolute Gasteiger partial charge is 0.438 e. The lowest BCUT2D eigenvalue weighted by Crippen LogP contribution is -2.58. The second-order valence-corrected chi connectivity index (χ2v) is 14.8. The molecule has 264 valence electrons. The van der Waals surface area contributed by atoms with Crippen molar-refractivity contribution in [2.75, 3.05) is 6.54 Å². The van der Waals surface area contributed by atoms with Crippen LogP contribution in [0.25, 0.3) is 11.0 Å². The fourth-order valence-electron chi connectivity index (χ4n) is 6.40. The molecule has 0 radical (unpaired) electrons. The monoisotopic (exact) mass is 708 g/mol. The van der Waals surface area contributed by atoms with Crippen LogP contribution in [-0.4, -0.2) is 87.7 Å². The van der Waals surface area contributed by atoms with Crippen molar-refractivity contribution in [2.45, 2.75) is 92.9 Å². The Bertz CT molecular complexity index is 1800. The van der Waals surface area contributed by atoms with E-state index in [4.69, 9.17) is 4.74 Å². The minimum Gasteiger partial charge on any atom is -0.471 e. The van der Waals surface area contributed by atoms with Crippen molar-refractivity contribution < 1.29 is 50.6 Å². The van der Waals surface area contributed by atoms with Crippen LogP contribution in [0, 0.1) is 5.92 Å². The molecule has 1 aromatic heterocycles. The molecule has 6 rings (SSSR count). The van der Waals surface area contributed by atoms with Gasteiger partial charge in [-0.1, -0.05) is 37.1 Å². The lowest BCUT2D eigenvalue weighted by Gasteiger charge is -2.29. The molecule has 3 heterocycles. The van der Waals surface area contributed by atoms with Gasteiger partial charge in [0, 0.05) is 12.3 Å². The molecule has 18 heteroatoms. The van der Waals surface area contributed by atoms with Gasteiger partial charge in [-0.05, 0) is 50.7 Å². The van der Waals surface area contributed by atoms with Gasteiger partial charge in [0.05, 0.1) is 22.8 Å². The molecular weight excluding hydrogens is 673 g/mol. The zero-order valence-electron chi connectivity index (χ0n) is 26.1. The second-order valence-electron chi connectivity index (χ2n) is 12.9. The number of hydrogen-bond acceptors (Lipinski definition) is 9. The number of alkyl halides is 3. The fraction of sp³-hybridized carbons (Fsp3) is 0.548. The van der Waals surface area contributed by atoms with Crippen molar-refractivity contribution in [3.05, 3.63) is 42.1 Å². The zero-order valence-corrected chi connectivity index (χ0v) is 26.9. The van der Waals surface area contributed by atoms with Crippen molar-refractivity contribution in [1.82, 2.24) is 30.2 Å². The molecule has 14 nitrogen and oxygen atoms in total. The van der Waals surface area contributed by atoms with E-state index in [1.807, 2.05) is 6.08 Å². The van der Waals surface area contributed by atoms with Gasteiger partial charge >= 0.3 is 12.3 Å². The van der Waals surface area contributed by atoms with E-state index in [-0.39, 0.29) is 30.3 Å². The fourth-order valence-corrected chi connectivity index (χ4v) is 7.77. The van der Waals surface area contributed by atoms with E-state index in [1.165, 1.54) is 18.2 Å². The number of aromatic nitrogens is 2. The Balaban J connectivity index is 1.33. The van der Waals surface area contributed by atoms with Crippen LogP contribution in [0.4, 0.5) is 18.0 Å². The third-order valence-corrected chi connectivity index (χ3v) is 11.0. The molecular formula is C31H35F3N6O8S. The quantitative estimate of drug-likeness (QED) is 0.324. The number of carbonyl (C=O) groups excluding carboxylic acids is 3. The van der Waals surface area contributed by atoms with Gasteiger partial charge in [-0.25, -0.2) is 23.2 Å².